The van der Waals surface area contributed by atoms with Crippen LogP contribution >= 0.6 is 39.1 Å². The van der Waals surface area contributed by atoms with Crippen molar-refractivity contribution in [3.05, 3.63) is 62.0 Å². The molecule has 0 heterocycles. The lowest BCUT2D eigenvalue weighted by Crippen LogP contribution is -2.00. The Morgan fingerprint density at radius 1 is 1.11 bits per heavy atom. The van der Waals surface area contributed by atoms with Gasteiger partial charge in [0, 0.05) is 22.2 Å². The summed E-state index contributed by atoms with van der Waals surface area (Å²) in [5, 5.41) is 1.32. The molecule has 0 aliphatic rings. The Balaban J connectivity index is 2.10. The van der Waals surface area contributed by atoms with E-state index in [2.05, 4.69) is 15.9 Å². The maximum absolute atomic E-state index is 6.17. The van der Waals surface area contributed by atoms with Gasteiger partial charge in [-0.2, -0.15) is 0 Å². The first-order valence-electron chi connectivity index (χ1n) is 5.65. The summed E-state index contributed by atoms with van der Waals surface area (Å²) in [4.78, 5) is 0. The molecule has 0 aromatic heterocycles. The molecule has 2 aromatic rings. The first kappa shape index (κ1) is 14.7. The molecule has 2 aromatic carbocycles. The van der Waals surface area contributed by atoms with Gasteiger partial charge in [0.25, 0.3) is 0 Å². The van der Waals surface area contributed by atoms with Crippen LogP contribution in [0.5, 0.6) is 5.75 Å². The molecule has 0 aliphatic heterocycles. The smallest absolute Gasteiger partial charge is 0.134 e. The number of hydrogen-bond acceptors (Lipinski definition) is 2. The molecule has 5 heteroatoms. The number of nitrogens with two attached hydrogens (primary N) is 1. The van der Waals surface area contributed by atoms with Crippen molar-refractivity contribution in [3.63, 3.8) is 0 Å². The lowest BCUT2D eigenvalue weighted by atomic mass is 10.1. The van der Waals surface area contributed by atoms with Gasteiger partial charge in [0.05, 0.1) is 4.47 Å². The van der Waals surface area contributed by atoms with Gasteiger partial charge in [-0.25, -0.2) is 0 Å². The monoisotopic (exact) mass is 359 g/mol. The number of hydrogen-bond donors (Lipinski definition) is 1. The largest absolute Gasteiger partial charge is 0.488 e. The van der Waals surface area contributed by atoms with Gasteiger partial charge in [-0.05, 0) is 45.8 Å². The minimum atomic E-state index is 0.393. The molecule has 0 bridgehead atoms. The van der Waals surface area contributed by atoms with Crippen LogP contribution < -0.4 is 10.5 Å². The van der Waals surface area contributed by atoms with Crippen LogP contribution in [-0.4, -0.2) is 0 Å². The Morgan fingerprint density at radius 2 is 1.89 bits per heavy atom. The summed E-state index contributed by atoms with van der Waals surface area (Å²) in [5.74, 6) is 0.725. The average molecular weight is 361 g/mol. The molecule has 0 saturated carbocycles. The topological polar surface area (TPSA) is 35.2 Å². The molecule has 2 rings (SSSR count). The first-order chi connectivity index (χ1) is 9.10. The second kappa shape index (κ2) is 6.62. The molecule has 0 aliphatic carbocycles. The fourth-order valence-electron chi connectivity index (χ4n) is 1.58. The Morgan fingerprint density at radius 3 is 2.53 bits per heavy atom. The zero-order valence-corrected chi connectivity index (χ0v) is 13.1. The van der Waals surface area contributed by atoms with Crippen LogP contribution in [0, 0.1) is 0 Å². The van der Waals surface area contributed by atoms with Crippen molar-refractivity contribution in [1.29, 1.82) is 0 Å². The molecule has 0 fully saturated rings. The fourth-order valence-corrected chi connectivity index (χ4v) is 2.64. The van der Waals surface area contributed by atoms with E-state index >= 15 is 0 Å². The van der Waals surface area contributed by atoms with Crippen LogP contribution in [0.1, 0.15) is 11.1 Å². The fraction of sp³-hybridized carbons (Fsp3) is 0.143. The average Bonchev–Trinajstić information content (AvgIpc) is 2.39. The van der Waals surface area contributed by atoms with Gasteiger partial charge < -0.3 is 10.5 Å². The summed E-state index contributed by atoms with van der Waals surface area (Å²) >= 11 is 15.4. The van der Waals surface area contributed by atoms with Crippen molar-refractivity contribution in [2.24, 2.45) is 5.73 Å². The Kier molecular flexibility index (Phi) is 5.11. The van der Waals surface area contributed by atoms with E-state index in [0.717, 1.165) is 21.3 Å². The van der Waals surface area contributed by atoms with Crippen molar-refractivity contribution in [2.75, 3.05) is 0 Å². The molecule has 100 valence electrons. The van der Waals surface area contributed by atoms with Crippen molar-refractivity contribution >= 4 is 39.1 Å². The third-order valence-corrected chi connectivity index (χ3v) is 3.84. The highest BCUT2D eigenvalue weighted by Crippen LogP contribution is 2.29. The molecule has 0 radical (unpaired) electrons. The zero-order chi connectivity index (χ0) is 13.8. The zero-order valence-electron chi connectivity index (χ0n) is 10.00. The normalized spacial score (nSPS) is 10.5. The Labute approximate surface area is 130 Å². The molecule has 0 saturated heterocycles. The van der Waals surface area contributed by atoms with Gasteiger partial charge in [0.1, 0.15) is 12.4 Å². The van der Waals surface area contributed by atoms with Gasteiger partial charge in [-0.1, -0.05) is 35.3 Å². The predicted octanol–water partition coefficient (Wildman–Crippen LogP) is 4.79. The molecular formula is C14H12BrCl2NO. The highest BCUT2D eigenvalue weighted by molar-refractivity contribution is 9.10. The molecule has 0 atom stereocenters. The lowest BCUT2D eigenvalue weighted by molar-refractivity contribution is 0.304. The van der Waals surface area contributed by atoms with Crippen molar-refractivity contribution in [2.45, 2.75) is 13.2 Å². The van der Waals surface area contributed by atoms with Crippen LogP contribution in [0.3, 0.4) is 0 Å². The standard InChI is InChI=1S/C14H12BrCl2NO/c15-12-6-11(16)3-4-14(12)19-8-10-2-1-9(7-18)5-13(10)17/h1-6H,7-8,18H2. The van der Waals surface area contributed by atoms with Crippen LogP contribution in [-0.2, 0) is 13.2 Å². The number of halogens is 3. The highest BCUT2D eigenvalue weighted by Gasteiger charge is 2.05. The summed E-state index contributed by atoms with van der Waals surface area (Å²) in [6.07, 6.45) is 0. The van der Waals surface area contributed by atoms with E-state index in [1.54, 1.807) is 12.1 Å². The van der Waals surface area contributed by atoms with Gasteiger partial charge >= 0.3 is 0 Å². The third kappa shape index (κ3) is 3.86. The van der Waals surface area contributed by atoms with Crippen LogP contribution in [0.15, 0.2) is 40.9 Å². The Hall–Kier alpha value is -0.740. The summed E-state index contributed by atoms with van der Waals surface area (Å²) in [6.45, 7) is 0.869. The molecule has 0 spiro atoms. The summed E-state index contributed by atoms with van der Waals surface area (Å²) in [7, 11) is 0. The second-order valence-electron chi connectivity index (χ2n) is 3.99. The van der Waals surface area contributed by atoms with E-state index < -0.39 is 0 Å². The van der Waals surface area contributed by atoms with Gasteiger partial charge in [-0.15, -0.1) is 0 Å². The molecule has 19 heavy (non-hydrogen) atoms. The highest BCUT2D eigenvalue weighted by atomic mass is 79.9. The van der Waals surface area contributed by atoms with Crippen molar-refractivity contribution in [1.82, 2.24) is 0 Å². The van der Waals surface area contributed by atoms with Crippen LogP contribution in [0.4, 0.5) is 0 Å². The molecule has 0 amide bonds. The van der Waals surface area contributed by atoms with E-state index in [-0.39, 0.29) is 0 Å². The third-order valence-electron chi connectivity index (χ3n) is 2.63. The van der Waals surface area contributed by atoms with E-state index in [0.29, 0.717) is 23.2 Å². The van der Waals surface area contributed by atoms with E-state index in [4.69, 9.17) is 33.7 Å². The molecule has 2 N–H and O–H groups in total. The molecular weight excluding hydrogens is 349 g/mol. The van der Waals surface area contributed by atoms with Gasteiger partial charge in [0.2, 0.25) is 0 Å². The molecule has 2 nitrogen and oxygen atoms in total. The minimum Gasteiger partial charge on any atom is -0.488 e. The van der Waals surface area contributed by atoms with Crippen LogP contribution in [0.25, 0.3) is 0 Å². The summed E-state index contributed by atoms with van der Waals surface area (Å²) in [5.41, 5.74) is 7.48. The van der Waals surface area contributed by atoms with Crippen LogP contribution in [0.2, 0.25) is 10.0 Å². The van der Waals surface area contributed by atoms with E-state index in [1.165, 1.54) is 0 Å². The maximum Gasteiger partial charge on any atom is 0.134 e. The van der Waals surface area contributed by atoms with Gasteiger partial charge in [-0.3, -0.25) is 0 Å². The number of ether oxygens (including phenoxy) is 1. The van der Waals surface area contributed by atoms with E-state index in [1.807, 2.05) is 24.3 Å². The van der Waals surface area contributed by atoms with E-state index in [9.17, 15) is 0 Å². The minimum absolute atomic E-state index is 0.393. The maximum atomic E-state index is 6.17. The lowest BCUT2D eigenvalue weighted by Gasteiger charge is -2.10. The quantitative estimate of drug-likeness (QED) is 0.850. The van der Waals surface area contributed by atoms with Crippen molar-refractivity contribution in [3.8, 4) is 5.75 Å². The first-order valence-corrected chi connectivity index (χ1v) is 7.20. The van der Waals surface area contributed by atoms with Crippen molar-refractivity contribution < 1.29 is 4.74 Å². The number of benzene rings is 2. The SMILES string of the molecule is NCc1ccc(COc2ccc(Cl)cc2Br)c(Cl)c1. The second-order valence-corrected chi connectivity index (χ2v) is 5.69. The summed E-state index contributed by atoms with van der Waals surface area (Å²) < 4.78 is 6.53. The molecule has 0 unspecified atom stereocenters. The number of rotatable bonds is 4. The van der Waals surface area contributed by atoms with Gasteiger partial charge in [0.15, 0.2) is 0 Å². The predicted molar refractivity (Wildman–Crippen MR) is 82.8 cm³/mol. The Bertz CT molecular complexity index is 590. The summed E-state index contributed by atoms with van der Waals surface area (Å²) in [6, 6.07) is 11.1.